The molecule has 5 nitrogen and oxygen atoms in total. The van der Waals surface area contributed by atoms with Crippen LogP contribution in [0.15, 0.2) is 47.6 Å². The summed E-state index contributed by atoms with van der Waals surface area (Å²) >= 11 is 17.5. The van der Waals surface area contributed by atoms with Gasteiger partial charge in [0.15, 0.2) is 12.4 Å². The number of nitrogens with two attached hydrogens (primary N) is 1. The molecule has 2 aromatic rings. The van der Waals surface area contributed by atoms with Crippen LogP contribution in [0.5, 0.6) is 5.75 Å². The number of ether oxygens (including phenoxy) is 1. The van der Waals surface area contributed by atoms with Gasteiger partial charge in [0, 0.05) is 15.6 Å². The maximum Gasteiger partial charge on any atom is 0.372 e. The molecule has 0 spiro atoms. The summed E-state index contributed by atoms with van der Waals surface area (Å²) in [5.41, 5.74) is 6.11. The average Bonchev–Trinajstić information content (AvgIpc) is 2.52. The minimum atomic E-state index is -0.715. The molecule has 23 heavy (non-hydrogen) atoms. The molecule has 120 valence electrons. The van der Waals surface area contributed by atoms with Gasteiger partial charge in [0.2, 0.25) is 0 Å². The molecule has 0 saturated heterocycles. The molecule has 0 aromatic heterocycles. The molecule has 0 bridgehead atoms. The van der Waals surface area contributed by atoms with Crippen molar-refractivity contribution in [3.05, 3.63) is 63.1 Å². The number of benzene rings is 2. The number of amidine groups is 1. The Balaban J connectivity index is 1.90. The maximum absolute atomic E-state index is 11.6. The zero-order valence-corrected chi connectivity index (χ0v) is 13.9. The van der Waals surface area contributed by atoms with Crippen LogP contribution in [0.4, 0.5) is 0 Å². The van der Waals surface area contributed by atoms with Gasteiger partial charge in [-0.15, -0.1) is 0 Å². The minimum absolute atomic E-state index is 0.0495. The molecule has 0 aliphatic rings. The first kappa shape index (κ1) is 17.4. The van der Waals surface area contributed by atoms with E-state index in [1.165, 1.54) is 6.07 Å². The van der Waals surface area contributed by atoms with Gasteiger partial charge in [0.1, 0.15) is 5.75 Å². The molecule has 0 amide bonds. The summed E-state index contributed by atoms with van der Waals surface area (Å²) in [6, 6.07) is 11.2. The number of rotatable bonds is 5. The van der Waals surface area contributed by atoms with Crippen LogP contribution in [-0.4, -0.2) is 18.4 Å². The molecule has 2 N–H and O–H groups in total. The predicted octanol–water partition coefficient (Wildman–Crippen LogP) is 3.89. The van der Waals surface area contributed by atoms with Crippen molar-refractivity contribution in [3.63, 3.8) is 0 Å². The third-order valence-electron chi connectivity index (χ3n) is 2.62. The molecule has 0 aliphatic heterocycles. The Morgan fingerprint density at radius 2 is 1.70 bits per heavy atom. The Kier molecular flexibility index (Phi) is 6.10. The monoisotopic (exact) mass is 372 g/mol. The highest BCUT2D eigenvalue weighted by atomic mass is 35.5. The molecule has 0 fully saturated rings. The van der Waals surface area contributed by atoms with Crippen LogP contribution in [0, 0.1) is 0 Å². The first-order valence-corrected chi connectivity index (χ1v) is 7.46. The van der Waals surface area contributed by atoms with E-state index in [-0.39, 0.29) is 12.4 Å². The van der Waals surface area contributed by atoms with Crippen molar-refractivity contribution in [1.29, 1.82) is 0 Å². The number of hydrogen-bond acceptors (Lipinski definition) is 4. The molecule has 0 saturated carbocycles. The van der Waals surface area contributed by atoms with Crippen molar-refractivity contribution in [1.82, 2.24) is 0 Å². The normalized spacial score (nSPS) is 11.2. The van der Waals surface area contributed by atoms with Crippen LogP contribution < -0.4 is 10.5 Å². The van der Waals surface area contributed by atoms with E-state index in [1.54, 1.807) is 36.4 Å². The quantitative estimate of drug-likeness (QED) is 0.373. The van der Waals surface area contributed by atoms with E-state index < -0.39 is 5.97 Å². The van der Waals surface area contributed by atoms with E-state index in [0.717, 1.165) is 0 Å². The van der Waals surface area contributed by atoms with Crippen LogP contribution in [0.25, 0.3) is 0 Å². The summed E-state index contributed by atoms with van der Waals surface area (Å²) in [7, 11) is 0. The summed E-state index contributed by atoms with van der Waals surface area (Å²) in [5.74, 6) is -0.288. The summed E-state index contributed by atoms with van der Waals surface area (Å²) in [6.07, 6.45) is 0. The molecule has 8 heteroatoms. The van der Waals surface area contributed by atoms with Gasteiger partial charge in [-0.1, -0.05) is 40.0 Å². The number of halogens is 3. The third-order valence-corrected chi connectivity index (χ3v) is 3.42. The Hall–Kier alpha value is -1.95. The second kappa shape index (κ2) is 8.06. The molecule has 0 heterocycles. The van der Waals surface area contributed by atoms with Crippen LogP contribution in [0.1, 0.15) is 5.56 Å². The van der Waals surface area contributed by atoms with E-state index in [0.29, 0.717) is 26.4 Å². The summed E-state index contributed by atoms with van der Waals surface area (Å²) < 4.78 is 5.21. The number of nitrogens with zero attached hydrogens (tertiary/aromatic N) is 1. The third kappa shape index (κ3) is 5.32. The van der Waals surface area contributed by atoms with E-state index in [4.69, 9.17) is 45.3 Å². The van der Waals surface area contributed by atoms with Crippen molar-refractivity contribution in [2.75, 3.05) is 6.61 Å². The van der Waals surface area contributed by atoms with Gasteiger partial charge in [0.05, 0.1) is 5.02 Å². The van der Waals surface area contributed by atoms with E-state index >= 15 is 0 Å². The fourth-order valence-corrected chi connectivity index (χ4v) is 2.18. The Labute approximate surface area is 147 Å². The fraction of sp³-hybridized carbons (Fsp3) is 0.0667. The van der Waals surface area contributed by atoms with Gasteiger partial charge in [0.25, 0.3) is 0 Å². The summed E-state index contributed by atoms with van der Waals surface area (Å²) in [6.45, 7) is -0.327. The average molecular weight is 374 g/mol. The van der Waals surface area contributed by atoms with Gasteiger partial charge in [-0.2, -0.15) is 0 Å². The van der Waals surface area contributed by atoms with Crippen LogP contribution in [-0.2, 0) is 9.63 Å². The predicted molar refractivity (Wildman–Crippen MR) is 90.2 cm³/mol. The highest BCUT2D eigenvalue weighted by Gasteiger charge is 2.09. The minimum Gasteiger partial charge on any atom is -0.482 e. The largest absolute Gasteiger partial charge is 0.482 e. The molecule has 0 unspecified atom stereocenters. The van der Waals surface area contributed by atoms with E-state index in [1.807, 2.05) is 0 Å². The highest BCUT2D eigenvalue weighted by molar-refractivity contribution is 6.36. The van der Waals surface area contributed by atoms with Crippen LogP contribution in [0.2, 0.25) is 15.1 Å². The molecule has 0 aliphatic carbocycles. The van der Waals surface area contributed by atoms with Crippen molar-refractivity contribution in [3.8, 4) is 5.75 Å². The van der Waals surface area contributed by atoms with Gasteiger partial charge >= 0.3 is 5.97 Å². The number of oxime groups is 1. The zero-order chi connectivity index (χ0) is 16.8. The topological polar surface area (TPSA) is 73.9 Å². The molecule has 2 rings (SSSR count). The summed E-state index contributed by atoms with van der Waals surface area (Å²) in [4.78, 5) is 16.2. The lowest BCUT2D eigenvalue weighted by Gasteiger charge is -2.05. The second-order valence-electron chi connectivity index (χ2n) is 4.31. The Morgan fingerprint density at radius 1 is 1.04 bits per heavy atom. The van der Waals surface area contributed by atoms with Gasteiger partial charge in [-0.05, 0) is 42.5 Å². The molecule has 0 radical (unpaired) electrons. The molecule has 0 atom stereocenters. The Morgan fingerprint density at radius 3 is 2.35 bits per heavy atom. The Bertz CT molecular complexity index is 733. The lowest BCUT2D eigenvalue weighted by atomic mass is 10.2. The van der Waals surface area contributed by atoms with Gasteiger partial charge in [-0.25, -0.2) is 4.79 Å². The maximum atomic E-state index is 11.6. The number of carbonyl (C=O) groups is 1. The van der Waals surface area contributed by atoms with Gasteiger partial charge < -0.3 is 15.3 Å². The van der Waals surface area contributed by atoms with E-state index in [9.17, 15) is 4.79 Å². The first-order valence-electron chi connectivity index (χ1n) is 6.33. The number of carbonyl (C=O) groups excluding carboxylic acids is 1. The standard InChI is InChI=1S/C15H11Cl3N2O3/c16-9-1-4-11(5-2-9)22-8-14(21)23-20-15(19)12-6-3-10(17)7-13(12)18/h1-7H,8H2,(H2,19,20). The van der Waals surface area contributed by atoms with Crippen molar-refractivity contribution in [2.24, 2.45) is 10.9 Å². The van der Waals surface area contributed by atoms with Crippen molar-refractivity contribution in [2.45, 2.75) is 0 Å². The molecule has 2 aromatic carbocycles. The smallest absolute Gasteiger partial charge is 0.372 e. The number of hydrogen-bond donors (Lipinski definition) is 1. The zero-order valence-electron chi connectivity index (χ0n) is 11.6. The van der Waals surface area contributed by atoms with Gasteiger partial charge in [-0.3, -0.25) is 0 Å². The van der Waals surface area contributed by atoms with Crippen LogP contribution in [0.3, 0.4) is 0 Å². The lowest BCUT2D eigenvalue weighted by molar-refractivity contribution is -0.146. The van der Waals surface area contributed by atoms with Crippen LogP contribution >= 0.6 is 34.8 Å². The second-order valence-corrected chi connectivity index (χ2v) is 5.59. The SMILES string of the molecule is NC(=NOC(=O)COc1ccc(Cl)cc1)c1ccc(Cl)cc1Cl. The molecular weight excluding hydrogens is 363 g/mol. The fourth-order valence-electron chi connectivity index (χ4n) is 1.55. The lowest BCUT2D eigenvalue weighted by Crippen LogP contribution is -2.18. The van der Waals surface area contributed by atoms with E-state index in [2.05, 4.69) is 9.99 Å². The first-order chi connectivity index (χ1) is 11.0. The van der Waals surface area contributed by atoms with Crippen molar-refractivity contribution < 1.29 is 14.4 Å². The highest BCUT2D eigenvalue weighted by Crippen LogP contribution is 2.20. The molecular formula is C15H11Cl3N2O3. The summed E-state index contributed by atoms with van der Waals surface area (Å²) in [5, 5.41) is 4.85. The van der Waals surface area contributed by atoms with Crippen molar-refractivity contribution >= 4 is 46.6 Å².